The van der Waals surface area contributed by atoms with Gasteiger partial charge in [0.25, 0.3) is 5.22 Å². The molecule has 0 aliphatic carbocycles. The van der Waals surface area contributed by atoms with Crippen LogP contribution in [0.4, 0.5) is 0 Å². The molecule has 1 aromatic heterocycles. The third-order valence-electron chi connectivity index (χ3n) is 5.35. The van der Waals surface area contributed by atoms with Gasteiger partial charge in [-0.3, -0.25) is 9.69 Å². The largest absolute Gasteiger partial charge is 0.497 e. The van der Waals surface area contributed by atoms with Crippen molar-refractivity contribution in [2.75, 3.05) is 37.5 Å². The van der Waals surface area contributed by atoms with Crippen molar-refractivity contribution in [1.82, 2.24) is 20.4 Å². The van der Waals surface area contributed by atoms with Crippen molar-refractivity contribution in [3.05, 3.63) is 24.3 Å². The summed E-state index contributed by atoms with van der Waals surface area (Å²) in [7, 11) is -1.55. The van der Waals surface area contributed by atoms with E-state index in [1.54, 1.807) is 19.2 Å². The Balaban J connectivity index is 1.32. The average Bonchev–Trinajstić information content (AvgIpc) is 3.46. The molecule has 0 saturated carbocycles. The average molecular weight is 453 g/mol. The fourth-order valence-electron chi connectivity index (χ4n) is 3.89. The topological polar surface area (TPSA) is 115 Å². The minimum Gasteiger partial charge on any atom is -0.497 e. The summed E-state index contributed by atoms with van der Waals surface area (Å²) in [5.74, 6) is 1.03. The molecule has 2 aliphatic rings. The number of sulfone groups is 1. The Morgan fingerprint density at radius 1 is 1.23 bits per heavy atom. The van der Waals surface area contributed by atoms with Crippen LogP contribution in [-0.4, -0.2) is 79.0 Å². The summed E-state index contributed by atoms with van der Waals surface area (Å²) in [6, 6.07) is 6.70. The van der Waals surface area contributed by atoms with E-state index in [-0.39, 0.29) is 40.5 Å². The molecule has 2 atom stereocenters. The van der Waals surface area contributed by atoms with Crippen molar-refractivity contribution in [3.63, 3.8) is 0 Å². The number of hydrogen-bond donors (Lipinski definition) is 1. The summed E-state index contributed by atoms with van der Waals surface area (Å²) in [6.45, 7) is 1.77. The number of hydrogen-bond acceptors (Lipinski definition) is 9. The van der Waals surface area contributed by atoms with Gasteiger partial charge in [-0.25, -0.2) is 8.42 Å². The van der Waals surface area contributed by atoms with Crippen LogP contribution in [0.5, 0.6) is 5.75 Å². The fraction of sp³-hybridized carbons (Fsp3) is 0.526. The number of thioether (sulfide) groups is 1. The van der Waals surface area contributed by atoms with Crippen LogP contribution >= 0.6 is 11.8 Å². The van der Waals surface area contributed by atoms with Crippen LogP contribution in [0, 0.1) is 0 Å². The van der Waals surface area contributed by atoms with Crippen LogP contribution < -0.4 is 10.1 Å². The number of rotatable bonds is 7. The number of methoxy groups -OCH3 is 1. The number of nitrogens with zero attached hydrogens (tertiary/aromatic N) is 3. The molecule has 2 aliphatic heterocycles. The van der Waals surface area contributed by atoms with Crippen molar-refractivity contribution in [2.24, 2.45) is 0 Å². The number of likely N-dealkylation sites (tertiary alicyclic amines) is 1. The molecule has 4 rings (SSSR count). The van der Waals surface area contributed by atoms with Crippen molar-refractivity contribution >= 4 is 27.5 Å². The lowest BCUT2D eigenvalue weighted by Gasteiger charge is -2.28. The third-order valence-corrected chi connectivity index (χ3v) is 7.88. The highest BCUT2D eigenvalue weighted by Gasteiger charge is 2.42. The molecule has 0 bridgehead atoms. The smallest absolute Gasteiger partial charge is 0.277 e. The SMILES string of the molecule is COc1ccc(-c2nnc(SCC(=O)NC3CS(=O)(=O)CC3N3CCCC3)o2)cc1. The first-order valence-corrected chi connectivity index (χ1v) is 12.6. The number of carbonyl (C=O) groups is 1. The van der Waals surface area contributed by atoms with Gasteiger partial charge in [0, 0.05) is 11.6 Å². The molecule has 162 valence electrons. The van der Waals surface area contributed by atoms with Crippen LogP contribution in [0.1, 0.15) is 12.8 Å². The zero-order chi connectivity index (χ0) is 21.1. The monoisotopic (exact) mass is 452 g/mol. The summed E-state index contributed by atoms with van der Waals surface area (Å²) in [6.07, 6.45) is 2.14. The maximum absolute atomic E-state index is 12.4. The van der Waals surface area contributed by atoms with Gasteiger partial charge in [0.1, 0.15) is 5.75 Å². The molecule has 2 aromatic rings. The van der Waals surface area contributed by atoms with E-state index in [0.29, 0.717) is 5.89 Å². The molecule has 30 heavy (non-hydrogen) atoms. The van der Waals surface area contributed by atoms with E-state index in [0.717, 1.165) is 49.0 Å². The Labute approximate surface area is 179 Å². The first kappa shape index (κ1) is 21.1. The lowest BCUT2D eigenvalue weighted by Crippen LogP contribution is -2.50. The molecule has 0 radical (unpaired) electrons. The Morgan fingerprint density at radius 3 is 2.67 bits per heavy atom. The quantitative estimate of drug-likeness (QED) is 0.619. The second-order valence-corrected chi connectivity index (χ2v) is 10.5. The van der Waals surface area contributed by atoms with Gasteiger partial charge in [0.2, 0.25) is 11.8 Å². The van der Waals surface area contributed by atoms with E-state index in [2.05, 4.69) is 20.4 Å². The summed E-state index contributed by atoms with van der Waals surface area (Å²) in [5, 5.41) is 11.2. The summed E-state index contributed by atoms with van der Waals surface area (Å²) < 4.78 is 35.0. The highest BCUT2D eigenvalue weighted by Crippen LogP contribution is 2.26. The summed E-state index contributed by atoms with van der Waals surface area (Å²) in [5.41, 5.74) is 0.754. The van der Waals surface area contributed by atoms with Crippen LogP contribution in [0.2, 0.25) is 0 Å². The van der Waals surface area contributed by atoms with Gasteiger partial charge < -0.3 is 14.5 Å². The Bertz CT molecular complexity index is 987. The van der Waals surface area contributed by atoms with Gasteiger partial charge in [-0.2, -0.15) is 0 Å². The molecule has 9 nitrogen and oxygen atoms in total. The molecular weight excluding hydrogens is 428 g/mol. The van der Waals surface area contributed by atoms with Gasteiger partial charge >= 0.3 is 0 Å². The van der Waals surface area contributed by atoms with E-state index in [1.807, 2.05) is 12.1 Å². The minimum absolute atomic E-state index is 0.00719. The maximum atomic E-state index is 12.4. The standard InChI is InChI=1S/C19H24N4O5S2/c1-27-14-6-4-13(5-7-14)18-21-22-19(28-18)29-10-17(24)20-15-11-30(25,26)12-16(15)23-8-2-3-9-23/h4-7,15-16H,2-3,8-12H2,1H3,(H,20,24). The maximum Gasteiger partial charge on any atom is 0.277 e. The third kappa shape index (κ3) is 4.96. The predicted octanol–water partition coefficient (Wildman–Crippen LogP) is 1.21. The van der Waals surface area contributed by atoms with Gasteiger partial charge in [0.05, 0.1) is 30.4 Å². The number of benzene rings is 1. The molecule has 3 heterocycles. The molecule has 2 unspecified atom stereocenters. The number of carbonyl (C=O) groups excluding carboxylic acids is 1. The van der Waals surface area contributed by atoms with E-state index in [1.165, 1.54) is 0 Å². The highest BCUT2D eigenvalue weighted by molar-refractivity contribution is 7.99. The first-order chi connectivity index (χ1) is 14.4. The molecular formula is C19H24N4O5S2. The van der Waals surface area contributed by atoms with Gasteiger partial charge in [-0.05, 0) is 50.2 Å². The van der Waals surface area contributed by atoms with E-state index >= 15 is 0 Å². The Kier molecular flexibility index (Phi) is 6.30. The molecule has 1 aromatic carbocycles. The second kappa shape index (κ2) is 8.94. The number of nitrogens with one attached hydrogen (secondary N) is 1. The summed E-state index contributed by atoms with van der Waals surface area (Å²) in [4.78, 5) is 14.6. The van der Waals surface area contributed by atoms with Crippen molar-refractivity contribution < 1.29 is 22.4 Å². The predicted molar refractivity (Wildman–Crippen MR) is 112 cm³/mol. The molecule has 2 fully saturated rings. The van der Waals surface area contributed by atoms with E-state index < -0.39 is 9.84 Å². The van der Waals surface area contributed by atoms with Crippen LogP contribution in [0.3, 0.4) is 0 Å². The molecule has 11 heteroatoms. The van der Waals surface area contributed by atoms with Crippen LogP contribution in [0.25, 0.3) is 11.5 Å². The summed E-state index contributed by atoms with van der Waals surface area (Å²) >= 11 is 1.13. The molecule has 2 saturated heterocycles. The van der Waals surface area contributed by atoms with Gasteiger partial charge in [0.15, 0.2) is 9.84 Å². The Morgan fingerprint density at radius 2 is 1.97 bits per heavy atom. The minimum atomic E-state index is -3.14. The molecule has 1 amide bonds. The fourth-order valence-corrected chi connectivity index (χ4v) is 6.42. The highest BCUT2D eigenvalue weighted by atomic mass is 32.2. The second-order valence-electron chi connectivity index (χ2n) is 7.45. The van der Waals surface area contributed by atoms with Crippen LogP contribution in [-0.2, 0) is 14.6 Å². The normalized spacial score (nSPS) is 23.5. The lowest BCUT2D eigenvalue weighted by molar-refractivity contribution is -0.119. The van der Waals surface area contributed by atoms with Gasteiger partial charge in [-0.15, -0.1) is 10.2 Å². The number of aromatic nitrogens is 2. The molecule has 1 N–H and O–H groups in total. The van der Waals surface area contributed by atoms with Crippen molar-refractivity contribution in [2.45, 2.75) is 30.1 Å². The van der Waals surface area contributed by atoms with Crippen LogP contribution in [0.15, 0.2) is 33.9 Å². The van der Waals surface area contributed by atoms with Crippen molar-refractivity contribution in [3.8, 4) is 17.2 Å². The first-order valence-electron chi connectivity index (χ1n) is 9.78. The zero-order valence-electron chi connectivity index (χ0n) is 16.6. The van der Waals surface area contributed by atoms with Gasteiger partial charge in [-0.1, -0.05) is 11.8 Å². The number of amides is 1. The lowest BCUT2D eigenvalue weighted by atomic mass is 10.1. The molecule has 0 spiro atoms. The van der Waals surface area contributed by atoms with Crippen molar-refractivity contribution in [1.29, 1.82) is 0 Å². The van der Waals surface area contributed by atoms with E-state index in [4.69, 9.17) is 9.15 Å². The Hall–Kier alpha value is -2.11. The van der Waals surface area contributed by atoms with E-state index in [9.17, 15) is 13.2 Å². The number of ether oxygens (including phenoxy) is 1. The zero-order valence-corrected chi connectivity index (χ0v) is 18.2.